The molecule has 1 saturated carbocycles. The molecule has 0 unspecified atom stereocenters. The van der Waals surface area contributed by atoms with Gasteiger partial charge in [-0.2, -0.15) is 0 Å². The summed E-state index contributed by atoms with van der Waals surface area (Å²) < 4.78 is 24.8. The zero-order valence-electron chi connectivity index (χ0n) is 14.2. The molecule has 0 saturated heterocycles. The Morgan fingerprint density at radius 2 is 1.92 bits per heavy atom. The maximum Gasteiger partial charge on any atom is 0.208 e. The summed E-state index contributed by atoms with van der Waals surface area (Å²) in [6.07, 6.45) is 3.50. The van der Waals surface area contributed by atoms with E-state index in [0.29, 0.717) is 13.1 Å². The summed E-state index contributed by atoms with van der Waals surface area (Å²) >= 11 is 1.89. The summed E-state index contributed by atoms with van der Waals surface area (Å²) in [7, 11) is -3.15. The molecule has 134 valence electrons. The van der Waals surface area contributed by atoms with Gasteiger partial charge in [0.2, 0.25) is 10.0 Å². The van der Waals surface area contributed by atoms with Crippen LogP contribution in [0.25, 0.3) is 0 Å². The molecule has 0 heterocycles. The molecular weight excluding hydrogens is 344 g/mol. The summed E-state index contributed by atoms with van der Waals surface area (Å²) in [6.45, 7) is 4.37. The highest BCUT2D eigenvalue weighted by Gasteiger charge is 2.43. The fourth-order valence-corrected chi connectivity index (χ4v) is 3.85. The molecule has 0 atom stereocenters. The van der Waals surface area contributed by atoms with E-state index in [4.69, 9.17) is 0 Å². The number of nitrogens with one attached hydrogen (secondary N) is 3. The lowest BCUT2D eigenvalue weighted by Crippen LogP contribution is -2.41. The Hall–Kier alpha value is -1.25. The van der Waals surface area contributed by atoms with E-state index in [-0.39, 0.29) is 4.75 Å². The van der Waals surface area contributed by atoms with Crippen LogP contribution in [0.1, 0.15) is 19.8 Å². The molecule has 2 rings (SSSR count). The van der Waals surface area contributed by atoms with E-state index < -0.39 is 10.0 Å². The van der Waals surface area contributed by atoms with E-state index in [1.807, 2.05) is 24.8 Å². The Labute approximate surface area is 149 Å². The van der Waals surface area contributed by atoms with Gasteiger partial charge >= 0.3 is 0 Å². The first-order valence-electron chi connectivity index (χ1n) is 8.13. The Morgan fingerprint density at radius 1 is 1.21 bits per heavy atom. The zero-order valence-corrected chi connectivity index (χ0v) is 15.8. The van der Waals surface area contributed by atoms with Gasteiger partial charge in [0.15, 0.2) is 5.96 Å². The summed E-state index contributed by atoms with van der Waals surface area (Å²) in [4.78, 5) is 5.95. The average molecular weight is 371 g/mol. The lowest BCUT2D eigenvalue weighted by Gasteiger charge is -2.15. The van der Waals surface area contributed by atoms with Gasteiger partial charge in [0.1, 0.15) is 0 Å². The van der Waals surface area contributed by atoms with Gasteiger partial charge in [-0.15, -0.1) is 11.8 Å². The minimum atomic E-state index is -3.15. The third-order valence-electron chi connectivity index (χ3n) is 3.54. The smallest absolute Gasteiger partial charge is 0.208 e. The molecule has 24 heavy (non-hydrogen) atoms. The molecule has 1 fully saturated rings. The number of hydrogen-bond donors (Lipinski definition) is 3. The van der Waals surface area contributed by atoms with E-state index in [2.05, 4.69) is 44.6 Å². The van der Waals surface area contributed by atoms with Gasteiger partial charge in [0.05, 0.1) is 12.8 Å². The van der Waals surface area contributed by atoms with Gasteiger partial charge in [0.25, 0.3) is 0 Å². The molecular formula is C16H26N4O2S2. The van der Waals surface area contributed by atoms with Gasteiger partial charge in [-0.1, -0.05) is 18.2 Å². The van der Waals surface area contributed by atoms with E-state index in [1.54, 1.807) is 0 Å². The number of benzene rings is 1. The molecule has 0 radical (unpaired) electrons. The number of thioether (sulfide) groups is 1. The van der Waals surface area contributed by atoms with Crippen molar-refractivity contribution in [3.05, 3.63) is 30.3 Å². The van der Waals surface area contributed by atoms with Crippen molar-refractivity contribution in [2.75, 3.05) is 32.4 Å². The van der Waals surface area contributed by atoms with E-state index in [0.717, 1.165) is 25.3 Å². The first-order valence-corrected chi connectivity index (χ1v) is 10.8. The van der Waals surface area contributed by atoms with Crippen LogP contribution in [0.15, 0.2) is 40.2 Å². The monoisotopic (exact) mass is 370 g/mol. The number of sulfonamides is 1. The number of nitrogens with zero attached hydrogens (tertiary/aromatic N) is 1. The van der Waals surface area contributed by atoms with Crippen LogP contribution in [-0.2, 0) is 10.0 Å². The molecule has 0 aromatic heterocycles. The number of hydrogen-bond acceptors (Lipinski definition) is 4. The van der Waals surface area contributed by atoms with Crippen molar-refractivity contribution in [2.45, 2.75) is 29.4 Å². The predicted molar refractivity (Wildman–Crippen MR) is 101 cm³/mol. The predicted octanol–water partition coefficient (Wildman–Crippen LogP) is 1.42. The number of rotatable bonds is 9. The molecule has 0 bridgehead atoms. The molecule has 0 spiro atoms. The highest BCUT2D eigenvalue weighted by Crippen LogP contribution is 2.51. The summed E-state index contributed by atoms with van der Waals surface area (Å²) in [5.74, 6) is 0.729. The van der Waals surface area contributed by atoms with Crippen molar-refractivity contribution in [1.29, 1.82) is 0 Å². The van der Waals surface area contributed by atoms with Crippen molar-refractivity contribution in [1.82, 2.24) is 15.4 Å². The second-order valence-electron chi connectivity index (χ2n) is 5.89. The highest BCUT2D eigenvalue weighted by atomic mass is 32.2. The van der Waals surface area contributed by atoms with Gasteiger partial charge in [-0.3, -0.25) is 4.99 Å². The number of aliphatic imine (C=N–C) groups is 1. The molecule has 0 aliphatic heterocycles. The standard InChI is InChI=1S/C16H26N4O2S2/c1-3-17-15(18-11-12-20-24(2,21)22)19-13-16(9-10-16)23-14-7-5-4-6-8-14/h4-8,20H,3,9-13H2,1-2H3,(H2,17,18,19). The van der Waals surface area contributed by atoms with Crippen LogP contribution >= 0.6 is 11.8 Å². The minimum absolute atomic E-state index is 0.203. The molecule has 1 aliphatic carbocycles. The van der Waals surface area contributed by atoms with Crippen LogP contribution in [0, 0.1) is 0 Å². The van der Waals surface area contributed by atoms with Gasteiger partial charge in [-0.25, -0.2) is 13.1 Å². The second kappa shape index (κ2) is 8.73. The van der Waals surface area contributed by atoms with Crippen LogP contribution in [0.3, 0.4) is 0 Å². The van der Waals surface area contributed by atoms with Gasteiger partial charge in [0, 0.05) is 29.3 Å². The van der Waals surface area contributed by atoms with E-state index in [9.17, 15) is 8.42 Å². The van der Waals surface area contributed by atoms with Crippen molar-refractivity contribution in [3.8, 4) is 0 Å². The Morgan fingerprint density at radius 3 is 2.50 bits per heavy atom. The first-order chi connectivity index (χ1) is 11.4. The fraction of sp³-hybridized carbons (Fsp3) is 0.562. The lowest BCUT2D eigenvalue weighted by molar-refractivity contribution is 0.586. The third kappa shape index (κ3) is 7.11. The molecule has 1 aromatic rings. The second-order valence-corrected chi connectivity index (χ2v) is 9.26. The fourth-order valence-electron chi connectivity index (χ4n) is 2.15. The molecule has 3 N–H and O–H groups in total. The minimum Gasteiger partial charge on any atom is -0.357 e. The normalized spacial score (nSPS) is 16.7. The van der Waals surface area contributed by atoms with Crippen LogP contribution in [-0.4, -0.2) is 51.6 Å². The van der Waals surface area contributed by atoms with Crippen molar-refractivity contribution in [3.63, 3.8) is 0 Å². The van der Waals surface area contributed by atoms with E-state index in [1.165, 1.54) is 17.7 Å². The molecule has 1 aromatic carbocycles. The largest absolute Gasteiger partial charge is 0.357 e. The van der Waals surface area contributed by atoms with Crippen LogP contribution in [0.4, 0.5) is 0 Å². The zero-order chi connectivity index (χ0) is 17.5. The maximum absolute atomic E-state index is 11.1. The third-order valence-corrected chi connectivity index (χ3v) is 5.74. The van der Waals surface area contributed by atoms with Gasteiger partial charge < -0.3 is 10.6 Å². The molecule has 0 amide bonds. The summed E-state index contributed by atoms with van der Waals surface area (Å²) in [6, 6.07) is 10.4. The Kier molecular flexibility index (Phi) is 6.94. The summed E-state index contributed by atoms with van der Waals surface area (Å²) in [5, 5.41) is 6.36. The Balaban J connectivity index is 1.84. The first kappa shape index (κ1) is 19.1. The highest BCUT2D eigenvalue weighted by molar-refractivity contribution is 8.01. The Bertz CT molecular complexity index is 643. The van der Waals surface area contributed by atoms with Crippen LogP contribution in [0.2, 0.25) is 0 Å². The SMILES string of the molecule is CCNC(=NCC1(Sc2ccccc2)CC1)NCCNS(C)(=O)=O. The number of guanidine groups is 1. The van der Waals surface area contributed by atoms with Crippen molar-refractivity contribution >= 4 is 27.7 Å². The lowest BCUT2D eigenvalue weighted by atomic mass is 10.4. The summed E-state index contributed by atoms with van der Waals surface area (Å²) in [5.41, 5.74) is 0. The molecule has 1 aliphatic rings. The van der Waals surface area contributed by atoms with Crippen LogP contribution < -0.4 is 15.4 Å². The van der Waals surface area contributed by atoms with Crippen LogP contribution in [0.5, 0.6) is 0 Å². The van der Waals surface area contributed by atoms with Crippen molar-refractivity contribution < 1.29 is 8.42 Å². The topological polar surface area (TPSA) is 82.6 Å². The molecule has 8 heteroatoms. The van der Waals surface area contributed by atoms with Crippen molar-refractivity contribution in [2.24, 2.45) is 4.99 Å². The van der Waals surface area contributed by atoms with Gasteiger partial charge in [-0.05, 0) is 31.9 Å². The molecule has 6 nitrogen and oxygen atoms in total. The average Bonchev–Trinajstić information content (AvgIpc) is 3.29. The quantitative estimate of drug-likeness (QED) is 0.348. The maximum atomic E-state index is 11.1. The van der Waals surface area contributed by atoms with E-state index >= 15 is 0 Å².